The molecule has 7 nitrogen and oxygen atoms in total. The van der Waals surface area contributed by atoms with Gasteiger partial charge in [0.25, 0.3) is 0 Å². The summed E-state index contributed by atoms with van der Waals surface area (Å²) in [7, 11) is 1.60. The Morgan fingerprint density at radius 1 is 1.07 bits per heavy atom. The molecule has 40 heavy (non-hydrogen) atoms. The summed E-state index contributed by atoms with van der Waals surface area (Å²) in [5, 5.41) is 7.73. The molecule has 1 saturated heterocycles. The molecule has 9 heteroatoms. The largest absolute Gasteiger partial charge is 0.494 e. The number of benzene rings is 2. The summed E-state index contributed by atoms with van der Waals surface area (Å²) in [5.74, 6) is 0.477. The van der Waals surface area contributed by atoms with Crippen LogP contribution in [-0.2, 0) is 4.79 Å². The van der Waals surface area contributed by atoms with Crippen molar-refractivity contribution in [3.8, 4) is 11.4 Å². The van der Waals surface area contributed by atoms with Crippen molar-refractivity contribution in [2.75, 3.05) is 17.3 Å². The van der Waals surface area contributed by atoms with E-state index >= 15 is 0 Å². The average Bonchev–Trinajstić information content (AvgIpc) is 3.40. The van der Waals surface area contributed by atoms with Crippen LogP contribution in [0.5, 0.6) is 5.75 Å². The van der Waals surface area contributed by atoms with Crippen LogP contribution in [0.4, 0.5) is 11.4 Å². The average molecular weight is 574 g/mol. The Labute approximate surface area is 245 Å². The predicted octanol–water partition coefficient (Wildman–Crippen LogP) is 6.99. The molecule has 0 radical (unpaired) electrons. The second kappa shape index (κ2) is 11.3. The number of halogens is 1. The van der Waals surface area contributed by atoms with E-state index in [1.54, 1.807) is 13.3 Å². The SMILES string of the molecule is CCC(=O)Nc1ccc(N2C(=S)N[C@H](c3ccccn3)[C@@H]2c2c(C)c(C)n(-c3cccc(Cl)c3)c2C)cc1OC. The van der Waals surface area contributed by atoms with Crippen molar-refractivity contribution in [2.45, 2.75) is 46.2 Å². The van der Waals surface area contributed by atoms with Gasteiger partial charge in [-0.15, -0.1) is 0 Å². The third-order valence-electron chi connectivity index (χ3n) is 7.53. The molecule has 2 atom stereocenters. The lowest BCUT2D eigenvalue weighted by atomic mass is 9.93. The van der Waals surface area contributed by atoms with Crippen LogP contribution in [0.25, 0.3) is 5.69 Å². The minimum Gasteiger partial charge on any atom is -0.494 e. The Balaban J connectivity index is 1.69. The maximum absolute atomic E-state index is 12.1. The van der Waals surface area contributed by atoms with E-state index in [1.807, 2.05) is 61.5 Å². The third-order valence-corrected chi connectivity index (χ3v) is 8.08. The van der Waals surface area contributed by atoms with Crippen LogP contribution in [0.3, 0.4) is 0 Å². The number of carbonyl (C=O) groups excluding carboxylic acids is 1. The Hall–Kier alpha value is -3.88. The summed E-state index contributed by atoms with van der Waals surface area (Å²) in [4.78, 5) is 18.9. The molecule has 0 unspecified atom stereocenters. The van der Waals surface area contributed by atoms with Crippen LogP contribution in [0.1, 0.15) is 53.6 Å². The van der Waals surface area contributed by atoms with Gasteiger partial charge in [0.15, 0.2) is 5.11 Å². The number of hydrogen-bond acceptors (Lipinski definition) is 4. The van der Waals surface area contributed by atoms with Gasteiger partial charge in [-0.1, -0.05) is 30.7 Å². The van der Waals surface area contributed by atoms with E-state index < -0.39 is 0 Å². The highest BCUT2D eigenvalue weighted by Gasteiger charge is 2.43. The summed E-state index contributed by atoms with van der Waals surface area (Å²) in [6.07, 6.45) is 2.18. The van der Waals surface area contributed by atoms with Gasteiger partial charge in [-0.2, -0.15) is 0 Å². The maximum atomic E-state index is 12.1. The standard InChI is InChI=1S/C31H32ClN5O2S/c1-6-27(38)34-24-14-13-23(17-26(24)39-5)37-30(29(35-31(37)40)25-12-7-8-15-33-25)28-18(2)19(3)36(20(28)4)22-11-9-10-21(32)16-22/h7-17,29-30H,6H2,1-5H3,(H,34,38)(H,35,40)/t29-,30+/m1/s1. The number of nitrogens with zero attached hydrogens (tertiary/aromatic N) is 3. The molecule has 0 spiro atoms. The molecule has 2 aromatic heterocycles. The highest BCUT2D eigenvalue weighted by molar-refractivity contribution is 7.80. The van der Waals surface area contributed by atoms with Gasteiger partial charge in [-0.3, -0.25) is 9.78 Å². The lowest BCUT2D eigenvalue weighted by Crippen LogP contribution is -2.30. The number of methoxy groups -OCH3 is 1. The first-order chi connectivity index (χ1) is 19.2. The van der Waals surface area contributed by atoms with E-state index in [2.05, 4.69) is 46.9 Å². The zero-order valence-electron chi connectivity index (χ0n) is 23.2. The number of pyridine rings is 1. The van der Waals surface area contributed by atoms with Crippen molar-refractivity contribution < 1.29 is 9.53 Å². The van der Waals surface area contributed by atoms with E-state index in [9.17, 15) is 4.79 Å². The molecule has 1 aliphatic heterocycles. The van der Waals surface area contributed by atoms with Gasteiger partial charge < -0.3 is 24.8 Å². The molecular weight excluding hydrogens is 542 g/mol. The number of ether oxygens (including phenoxy) is 1. The summed E-state index contributed by atoms with van der Waals surface area (Å²) >= 11 is 12.4. The molecule has 0 aliphatic carbocycles. The topological polar surface area (TPSA) is 71.4 Å². The summed E-state index contributed by atoms with van der Waals surface area (Å²) in [6, 6.07) is 19.1. The molecule has 5 rings (SSSR count). The quantitative estimate of drug-likeness (QED) is 0.232. The Kier molecular flexibility index (Phi) is 7.83. The van der Waals surface area contributed by atoms with Crippen molar-refractivity contribution in [1.82, 2.24) is 14.9 Å². The molecule has 4 aromatic rings. The van der Waals surface area contributed by atoms with Crippen LogP contribution in [0.2, 0.25) is 5.02 Å². The highest BCUT2D eigenvalue weighted by atomic mass is 35.5. The third kappa shape index (κ3) is 4.93. The fourth-order valence-corrected chi connectivity index (χ4v) is 6.07. The first-order valence-corrected chi connectivity index (χ1v) is 14.0. The fraction of sp³-hybridized carbons (Fsp3) is 0.258. The van der Waals surface area contributed by atoms with Gasteiger partial charge in [0.1, 0.15) is 5.75 Å². The van der Waals surface area contributed by atoms with Crippen molar-refractivity contribution >= 4 is 46.2 Å². The summed E-state index contributed by atoms with van der Waals surface area (Å²) in [6.45, 7) is 8.23. The number of amides is 1. The first-order valence-electron chi connectivity index (χ1n) is 13.2. The monoisotopic (exact) mass is 573 g/mol. The highest BCUT2D eigenvalue weighted by Crippen LogP contribution is 2.46. The Morgan fingerprint density at radius 2 is 1.88 bits per heavy atom. The summed E-state index contributed by atoms with van der Waals surface area (Å²) in [5.41, 5.74) is 7.90. The van der Waals surface area contributed by atoms with E-state index in [1.165, 1.54) is 5.56 Å². The second-order valence-corrected chi connectivity index (χ2v) is 10.6. The molecule has 1 amide bonds. The summed E-state index contributed by atoms with van der Waals surface area (Å²) < 4.78 is 7.93. The van der Waals surface area contributed by atoms with E-state index in [-0.39, 0.29) is 18.0 Å². The lowest BCUT2D eigenvalue weighted by Gasteiger charge is -2.29. The van der Waals surface area contributed by atoms with Gasteiger partial charge in [-0.05, 0) is 81.0 Å². The fourth-order valence-electron chi connectivity index (χ4n) is 5.54. The van der Waals surface area contributed by atoms with E-state index in [0.717, 1.165) is 34.0 Å². The number of anilines is 2. The van der Waals surface area contributed by atoms with Crippen LogP contribution in [0, 0.1) is 20.8 Å². The Morgan fingerprint density at radius 3 is 2.55 bits per heavy atom. The minimum absolute atomic E-state index is 0.0819. The normalized spacial score (nSPS) is 16.6. The van der Waals surface area contributed by atoms with Gasteiger partial charge in [0.05, 0.1) is 30.6 Å². The number of carbonyl (C=O) groups is 1. The van der Waals surface area contributed by atoms with Gasteiger partial charge >= 0.3 is 0 Å². The molecule has 2 N–H and O–H groups in total. The van der Waals surface area contributed by atoms with Crippen LogP contribution < -0.4 is 20.3 Å². The second-order valence-electron chi connectivity index (χ2n) is 9.81. The number of thiocarbonyl (C=S) groups is 1. The zero-order chi connectivity index (χ0) is 28.6. The van der Waals surface area contributed by atoms with Crippen LogP contribution in [0.15, 0.2) is 66.9 Å². The van der Waals surface area contributed by atoms with Gasteiger partial charge in [-0.25, -0.2) is 0 Å². The number of hydrogen-bond donors (Lipinski definition) is 2. The van der Waals surface area contributed by atoms with Crippen LogP contribution in [-0.4, -0.2) is 27.7 Å². The predicted molar refractivity (Wildman–Crippen MR) is 165 cm³/mol. The van der Waals surface area contributed by atoms with Crippen molar-refractivity contribution in [3.05, 3.63) is 100 Å². The Bertz CT molecular complexity index is 1590. The molecular formula is C31H32ClN5O2S. The smallest absolute Gasteiger partial charge is 0.224 e. The van der Waals surface area contributed by atoms with Crippen molar-refractivity contribution in [2.24, 2.45) is 0 Å². The molecule has 1 fully saturated rings. The number of rotatable bonds is 7. The van der Waals surface area contributed by atoms with E-state index in [4.69, 9.17) is 33.5 Å². The van der Waals surface area contributed by atoms with Crippen molar-refractivity contribution in [1.29, 1.82) is 0 Å². The first kappa shape index (κ1) is 27.7. The van der Waals surface area contributed by atoms with E-state index in [0.29, 0.717) is 28.0 Å². The molecule has 3 heterocycles. The number of aromatic nitrogens is 2. The molecule has 206 valence electrons. The molecule has 2 aromatic carbocycles. The van der Waals surface area contributed by atoms with Gasteiger partial charge in [0, 0.05) is 52.0 Å². The molecule has 0 bridgehead atoms. The van der Waals surface area contributed by atoms with Crippen molar-refractivity contribution in [3.63, 3.8) is 0 Å². The molecule has 1 aliphatic rings. The van der Waals surface area contributed by atoms with Crippen LogP contribution >= 0.6 is 23.8 Å². The maximum Gasteiger partial charge on any atom is 0.224 e. The molecule has 0 saturated carbocycles. The minimum atomic E-state index is -0.206. The lowest BCUT2D eigenvalue weighted by molar-refractivity contribution is -0.115. The zero-order valence-corrected chi connectivity index (χ0v) is 24.7. The van der Waals surface area contributed by atoms with Gasteiger partial charge in [0.2, 0.25) is 5.91 Å². The number of nitrogens with one attached hydrogen (secondary N) is 2.